The lowest BCUT2D eigenvalue weighted by Gasteiger charge is -2.39. The molecule has 0 saturated carbocycles. The molecule has 18 heavy (non-hydrogen) atoms. The van der Waals surface area contributed by atoms with Gasteiger partial charge in [0.05, 0.1) is 0 Å². The van der Waals surface area contributed by atoms with Gasteiger partial charge in [0.15, 0.2) is 0 Å². The van der Waals surface area contributed by atoms with E-state index < -0.39 is 0 Å². The highest BCUT2D eigenvalue weighted by Crippen LogP contribution is 2.22. The predicted octanol–water partition coefficient (Wildman–Crippen LogP) is 1.55. The van der Waals surface area contributed by atoms with Gasteiger partial charge in [0.25, 0.3) is 0 Å². The van der Waals surface area contributed by atoms with Gasteiger partial charge in [0, 0.05) is 49.4 Å². The molecule has 1 fully saturated rings. The Hall–Kier alpha value is -0.680. The van der Waals surface area contributed by atoms with Gasteiger partial charge < -0.3 is 10.6 Å². The third-order valence-electron chi connectivity index (χ3n) is 3.50. The van der Waals surface area contributed by atoms with Crippen LogP contribution in [-0.4, -0.2) is 49.1 Å². The maximum Gasteiger partial charge on any atom is 0.129 e. The van der Waals surface area contributed by atoms with Gasteiger partial charge in [-0.15, -0.1) is 0 Å². The van der Waals surface area contributed by atoms with E-state index >= 15 is 0 Å². The van der Waals surface area contributed by atoms with E-state index in [1.54, 1.807) is 12.1 Å². The number of nitrogens with two attached hydrogens (primary N) is 1. The molecule has 1 aliphatic heterocycles. The van der Waals surface area contributed by atoms with Gasteiger partial charge in [0.1, 0.15) is 5.82 Å². The van der Waals surface area contributed by atoms with Crippen molar-refractivity contribution in [3.63, 3.8) is 0 Å². The number of hydrogen-bond acceptors (Lipinski definition) is 3. The summed E-state index contributed by atoms with van der Waals surface area (Å²) in [5.74, 6) is -0.239. The van der Waals surface area contributed by atoms with Crippen molar-refractivity contribution in [3.8, 4) is 0 Å². The normalized spacial score (nSPS) is 22.3. The molecule has 1 saturated heterocycles. The van der Waals surface area contributed by atoms with E-state index in [1.165, 1.54) is 6.07 Å². The molecular formula is C13H19ClFN3. The first-order valence-electron chi connectivity index (χ1n) is 6.17. The van der Waals surface area contributed by atoms with Crippen LogP contribution in [0.5, 0.6) is 0 Å². The maximum absolute atomic E-state index is 13.8. The van der Waals surface area contributed by atoms with Crippen molar-refractivity contribution in [2.45, 2.75) is 12.6 Å². The van der Waals surface area contributed by atoms with Gasteiger partial charge in [-0.05, 0) is 19.2 Å². The number of halogens is 2. The zero-order chi connectivity index (χ0) is 13.1. The summed E-state index contributed by atoms with van der Waals surface area (Å²) in [5, 5.41) is 0.490. The minimum atomic E-state index is -0.239. The molecule has 1 heterocycles. The summed E-state index contributed by atoms with van der Waals surface area (Å²) < 4.78 is 13.8. The molecule has 100 valence electrons. The van der Waals surface area contributed by atoms with Crippen molar-refractivity contribution in [2.24, 2.45) is 5.73 Å². The average Bonchev–Trinajstić information content (AvgIpc) is 2.35. The largest absolute Gasteiger partial charge is 0.329 e. The van der Waals surface area contributed by atoms with E-state index in [-0.39, 0.29) is 11.9 Å². The van der Waals surface area contributed by atoms with E-state index in [9.17, 15) is 4.39 Å². The smallest absolute Gasteiger partial charge is 0.129 e. The highest BCUT2D eigenvalue weighted by atomic mass is 35.5. The van der Waals surface area contributed by atoms with Crippen molar-refractivity contribution in [1.82, 2.24) is 9.80 Å². The van der Waals surface area contributed by atoms with E-state index in [0.717, 1.165) is 19.6 Å². The zero-order valence-electron chi connectivity index (χ0n) is 10.6. The summed E-state index contributed by atoms with van der Waals surface area (Å²) in [4.78, 5) is 4.46. The Bertz CT molecular complexity index is 393. The second-order valence-electron chi connectivity index (χ2n) is 4.82. The van der Waals surface area contributed by atoms with Gasteiger partial charge in [-0.2, -0.15) is 0 Å². The lowest BCUT2D eigenvalue weighted by molar-refractivity contribution is 0.0871. The van der Waals surface area contributed by atoms with Crippen molar-refractivity contribution in [2.75, 3.05) is 33.2 Å². The lowest BCUT2D eigenvalue weighted by atomic mass is 10.1. The molecule has 5 heteroatoms. The minimum absolute atomic E-state index is 0.239. The third kappa shape index (κ3) is 3.01. The summed E-state index contributed by atoms with van der Waals surface area (Å²) in [5.41, 5.74) is 6.36. The molecule has 0 amide bonds. The van der Waals surface area contributed by atoms with Crippen LogP contribution in [-0.2, 0) is 6.54 Å². The second kappa shape index (κ2) is 5.97. The Kier molecular flexibility index (Phi) is 4.56. The van der Waals surface area contributed by atoms with Gasteiger partial charge in [-0.25, -0.2) is 4.39 Å². The van der Waals surface area contributed by atoms with E-state index in [2.05, 4.69) is 16.8 Å². The summed E-state index contributed by atoms with van der Waals surface area (Å²) in [6.45, 7) is 3.89. The molecule has 0 aliphatic carbocycles. The number of piperazine rings is 1. The molecule has 0 bridgehead atoms. The number of hydrogen-bond donors (Lipinski definition) is 1. The first-order chi connectivity index (χ1) is 8.61. The van der Waals surface area contributed by atoms with E-state index in [0.29, 0.717) is 23.7 Å². The molecule has 3 nitrogen and oxygen atoms in total. The standard InChI is InChI=1S/C13H19ClFN3/c1-17-5-6-18(10(7-16)8-17)9-11-12(14)3-2-4-13(11)15/h2-4,10H,5-9,16H2,1H3. The Balaban J connectivity index is 2.12. The number of benzene rings is 1. The molecule has 1 aromatic rings. The summed E-state index contributed by atoms with van der Waals surface area (Å²) >= 11 is 6.06. The fraction of sp³-hybridized carbons (Fsp3) is 0.538. The van der Waals surface area contributed by atoms with Crippen molar-refractivity contribution in [1.29, 1.82) is 0 Å². The van der Waals surface area contributed by atoms with Crippen LogP contribution in [0.25, 0.3) is 0 Å². The molecular weight excluding hydrogens is 253 g/mol. The zero-order valence-corrected chi connectivity index (χ0v) is 11.3. The highest BCUT2D eigenvalue weighted by Gasteiger charge is 2.25. The van der Waals surface area contributed by atoms with Crippen LogP contribution >= 0.6 is 11.6 Å². The molecule has 1 aliphatic rings. The highest BCUT2D eigenvalue weighted by molar-refractivity contribution is 6.31. The fourth-order valence-corrected chi connectivity index (χ4v) is 2.59. The Labute approximate surface area is 112 Å². The van der Waals surface area contributed by atoms with Gasteiger partial charge >= 0.3 is 0 Å². The monoisotopic (exact) mass is 271 g/mol. The topological polar surface area (TPSA) is 32.5 Å². The molecule has 2 rings (SSSR count). The molecule has 1 unspecified atom stereocenters. The molecule has 0 aromatic heterocycles. The number of nitrogens with zero attached hydrogens (tertiary/aromatic N) is 2. The van der Waals surface area contributed by atoms with Crippen molar-refractivity contribution in [3.05, 3.63) is 34.6 Å². The van der Waals surface area contributed by atoms with Gasteiger partial charge in [-0.1, -0.05) is 17.7 Å². The quantitative estimate of drug-likeness (QED) is 0.906. The maximum atomic E-state index is 13.8. The summed E-state index contributed by atoms with van der Waals surface area (Å²) in [6, 6.07) is 5.08. The minimum Gasteiger partial charge on any atom is -0.329 e. The average molecular weight is 272 g/mol. The van der Waals surface area contributed by atoms with Crippen LogP contribution < -0.4 is 5.73 Å². The van der Waals surface area contributed by atoms with Crippen LogP contribution in [0.4, 0.5) is 4.39 Å². The van der Waals surface area contributed by atoms with Gasteiger partial charge in [0.2, 0.25) is 0 Å². The predicted molar refractivity (Wildman–Crippen MR) is 72.2 cm³/mol. The number of likely N-dealkylation sites (N-methyl/N-ethyl adjacent to an activating group) is 1. The molecule has 1 aromatic carbocycles. The van der Waals surface area contributed by atoms with Crippen molar-refractivity contribution >= 4 is 11.6 Å². The van der Waals surface area contributed by atoms with E-state index in [1.807, 2.05) is 0 Å². The summed E-state index contributed by atoms with van der Waals surface area (Å²) in [6.07, 6.45) is 0. The molecule has 2 N–H and O–H groups in total. The second-order valence-corrected chi connectivity index (χ2v) is 5.23. The summed E-state index contributed by atoms with van der Waals surface area (Å²) in [7, 11) is 2.08. The van der Waals surface area contributed by atoms with E-state index in [4.69, 9.17) is 17.3 Å². The Morgan fingerprint density at radius 2 is 2.22 bits per heavy atom. The Morgan fingerprint density at radius 3 is 2.89 bits per heavy atom. The third-order valence-corrected chi connectivity index (χ3v) is 3.86. The van der Waals surface area contributed by atoms with Crippen LogP contribution in [0.1, 0.15) is 5.56 Å². The van der Waals surface area contributed by atoms with Crippen LogP contribution in [0.2, 0.25) is 5.02 Å². The fourth-order valence-electron chi connectivity index (χ4n) is 2.37. The SMILES string of the molecule is CN1CCN(Cc2c(F)cccc2Cl)C(CN)C1. The van der Waals surface area contributed by atoms with Crippen LogP contribution in [0.3, 0.4) is 0 Å². The Morgan fingerprint density at radius 1 is 1.44 bits per heavy atom. The van der Waals surface area contributed by atoms with Crippen LogP contribution in [0, 0.1) is 5.82 Å². The van der Waals surface area contributed by atoms with Crippen molar-refractivity contribution < 1.29 is 4.39 Å². The van der Waals surface area contributed by atoms with Crippen LogP contribution in [0.15, 0.2) is 18.2 Å². The molecule has 0 spiro atoms. The first-order valence-corrected chi connectivity index (χ1v) is 6.55. The molecule has 0 radical (unpaired) electrons. The molecule has 1 atom stereocenters. The van der Waals surface area contributed by atoms with Gasteiger partial charge in [-0.3, -0.25) is 4.90 Å². The number of rotatable bonds is 3. The first kappa shape index (κ1) is 13.7. The lowest BCUT2D eigenvalue weighted by Crippen LogP contribution is -2.54.